The molecule has 0 bridgehead atoms. The molecule has 1 saturated heterocycles. The van der Waals surface area contributed by atoms with Gasteiger partial charge in [0.1, 0.15) is 16.5 Å². The van der Waals surface area contributed by atoms with Crippen molar-refractivity contribution in [3.8, 4) is 0 Å². The highest BCUT2D eigenvalue weighted by Gasteiger charge is 2.34. The average molecular weight is 343 g/mol. The molecule has 1 fully saturated rings. The number of thiophene rings is 1. The number of aryl methyl sites for hydroxylation is 1. The van der Waals surface area contributed by atoms with Crippen molar-refractivity contribution in [2.75, 3.05) is 18.0 Å². The highest BCUT2D eigenvalue weighted by atomic mass is 32.1. The van der Waals surface area contributed by atoms with E-state index in [1.165, 1.54) is 0 Å². The zero-order valence-electron chi connectivity index (χ0n) is 13.5. The molecule has 1 atom stereocenters. The molecule has 0 aliphatic carbocycles. The van der Waals surface area contributed by atoms with Gasteiger partial charge in [-0.2, -0.15) is 13.2 Å². The summed E-state index contributed by atoms with van der Waals surface area (Å²) in [6.07, 6.45) is -2.94. The molecule has 3 heterocycles. The lowest BCUT2D eigenvalue weighted by Gasteiger charge is -2.23. The Bertz CT molecular complexity index is 725. The zero-order valence-corrected chi connectivity index (χ0v) is 14.3. The van der Waals surface area contributed by atoms with Crippen molar-refractivity contribution in [2.24, 2.45) is 5.41 Å². The molecule has 23 heavy (non-hydrogen) atoms. The van der Waals surface area contributed by atoms with Crippen LogP contribution in [0.25, 0.3) is 10.2 Å². The Kier molecular flexibility index (Phi) is 4.02. The number of fused-ring (bicyclic) bond motifs is 1. The minimum Gasteiger partial charge on any atom is -0.355 e. The molecule has 2 aromatic heterocycles. The highest BCUT2D eigenvalue weighted by molar-refractivity contribution is 7.18. The van der Waals surface area contributed by atoms with Gasteiger partial charge in [-0.15, -0.1) is 11.3 Å². The molecule has 2 aromatic rings. The van der Waals surface area contributed by atoms with Crippen LogP contribution in [0.15, 0.2) is 6.07 Å². The Morgan fingerprint density at radius 3 is 2.70 bits per heavy atom. The van der Waals surface area contributed by atoms with Crippen molar-refractivity contribution >= 4 is 27.4 Å². The zero-order chi connectivity index (χ0) is 16.8. The molecule has 0 N–H and O–H groups in total. The summed E-state index contributed by atoms with van der Waals surface area (Å²) in [5.41, 5.74) is 0.246. The second-order valence-electron chi connectivity index (χ2n) is 6.65. The first-order valence-corrected chi connectivity index (χ1v) is 8.59. The molecule has 126 valence electrons. The fourth-order valence-corrected chi connectivity index (χ4v) is 4.18. The molecule has 7 heteroatoms. The van der Waals surface area contributed by atoms with Crippen LogP contribution in [0.2, 0.25) is 0 Å². The van der Waals surface area contributed by atoms with Gasteiger partial charge in [0.2, 0.25) is 0 Å². The van der Waals surface area contributed by atoms with Crippen LogP contribution in [0.4, 0.5) is 19.0 Å². The number of hydrogen-bond donors (Lipinski definition) is 0. The lowest BCUT2D eigenvalue weighted by Crippen LogP contribution is -2.25. The third kappa shape index (κ3) is 3.44. The van der Waals surface area contributed by atoms with Gasteiger partial charge in [0, 0.05) is 18.0 Å². The summed E-state index contributed by atoms with van der Waals surface area (Å²) in [5, 5.41) is 0.750. The molecule has 0 amide bonds. The normalized spacial score (nSPS) is 22.3. The van der Waals surface area contributed by atoms with Gasteiger partial charge in [-0.3, -0.25) is 0 Å². The summed E-state index contributed by atoms with van der Waals surface area (Å²) >= 11 is 1.12. The fraction of sp³-hybridized carbons (Fsp3) is 0.625. The molecule has 0 radical (unpaired) electrons. The van der Waals surface area contributed by atoms with Crippen LogP contribution in [-0.2, 0) is 6.42 Å². The summed E-state index contributed by atoms with van der Waals surface area (Å²) in [6.45, 7) is 8.00. The quantitative estimate of drug-likeness (QED) is 0.807. The predicted molar refractivity (Wildman–Crippen MR) is 87.1 cm³/mol. The van der Waals surface area contributed by atoms with Gasteiger partial charge >= 0.3 is 6.18 Å². The number of hydrogen-bond acceptors (Lipinski definition) is 4. The van der Waals surface area contributed by atoms with Crippen molar-refractivity contribution in [3.63, 3.8) is 0 Å². The summed E-state index contributed by atoms with van der Waals surface area (Å²) in [7, 11) is 0. The SMILES string of the molecule is CCC1(C)CCN(c2nc(C)nc3sc(CC(F)(F)F)cc23)C1. The van der Waals surface area contributed by atoms with E-state index in [9.17, 15) is 13.2 Å². The average Bonchev–Trinajstić information content (AvgIpc) is 3.00. The van der Waals surface area contributed by atoms with Crippen molar-refractivity contribution in [2.45, 2.75) is 46.2 Å². The molecule has 1 aliphatic heterocycles. The molecule has 0 saturated carbocycles. The van der Waals surface area contributed by atoms with Crippen LogP contribution >= 0.6 is 11.3 Å². The van der Waals surface area contributed by atoms with Gasteiger partial charge in [0.05, 0.1) is 11.8 Å². The summed E-state index contributed by atoms with van der Waals surface area (Å²) in [5.74, 6) is 1.40. The van der Waals surface area contributed by atoms with Crippen molar-refractivity contribution < 1.29 is 13.2 Å². The third-order valence-electron chi connectivity index (χ3n) is 4.62. The van der Waals surface area contributed by atoms with E-state index in [2.05, 4.69) is 28.7 Å². The van der Waals surface area contributed by atoms with E-state index >= 15 is 0 Å². The first-order chi connectivity index (χ1) is 10.7. The molecule has 0 aromatic carbocycles. The van der Waals surface area contributed by atoms with Gasteiger partial charge in [0.15, 0.2) is 0 Å². The maximum Gasteiger partial charge on any atom is 0.393 e. The molecular weight excluding hydrogens is 323 g/mol. The van der Waals surface area contributed by atoms with Crippen molar-refractivity contribution in [1.82, 2.24) is 9.97 Å². The summed E-state index contributed by atoms with van der Waals surface area (Å²) in [6, 6.07) is 1.61. The Hall–Kier alpha value is -1.37. The lowest BCUT2D eigenvalue weighted by atomic mass is 9.87. The van der Waals surface area contributed by atoms with Gasteiger partial charge in [-0.1, -0.05) is 13.8 Å². The smallest absolute Gasteiger partial charge is 0.355 e. The van der Waals surface area contributed by atoms with E-state index in [0.29, 0.717) is 15.5 Å². The number of rotatable bonds is 3. The maximum atomic E-state index is 12.7. The number of alkyl halides is 3. The summed E-state index contributed by atoms with van der Waals surface area (Å²) in [4.78, 5) is 12.0. The maximum absolute atomic E-state index is 12.7. The predicted octanol–water partition coefficient (Wildman–Crippen LogP) is 4.73. The minimum atomic E-state index is -4.20. The van der Waals surface area contributed by atoms with Crippen LogP contribution in [0, 0.1) is 12.3 Å². The second kappa shape index (κ2) is 5.61. The summed E-state index contributed by atoms with van der Waals surface area (Å²) < 4.78 is 38.0. The first kappa shape index (κ1) is 16.5. The Morgan fingerprint density at radius 2 is 2.09 bits per heavy atom. The van der Waals surface area contributed by atoms with E-state index in [1.54, 1.807) is 13.0 Å². The monoisotopic (exact) mass is 343 g/mol. The molecule has 0 spiro atoms. The van der Waals surface area contributed by atoms with Crippen LogP contribution in [0.3, 0.4) is 0 Å². The van der Waals surface area contributed by atoms with E-state index in [-0.39, 0.29) is 5.41 Å². The number of anilines is 1. The van der Waals surface area contributed by atoms with E-state index in [0.717, 1.165) is 48.5 Å². The Morgan fingerprint density at radius 1 is 1.35 bits per heavy atom. The molecule has 1 aliphatic rings. The second-order valence-corrected chi connectivity index (χ2v) is 7.77. The Balaban J connectivity index is 2.00. The number of halogens is 3. The molecule has 1 unspecified atom stereocenters. The first-order valence-electron chi connectivity index (χ1n) is 7.78. The third-order valence-corrected chi connectivity index (χ3v) is 5.65. The molecule has 3 rings (SSSR count). The van der Waals surface area contributed by atoms with Crippen LogP contribution in [-0.4, -0.2) is 29.2 Å². The standard InChI is InChI=1S/C16H20F3N3S/c1-4-15(3)5-6-22(9-15)13-12-7-11(8-16(17,18)19)23-14(12)21-10(2)20-13/h7H,4-6,8-9H2,1-3H3. The van der Waals surface area contributed by atoms with Crippen LogP contribution in [0.1, 0.15) is 37.4 Å². The van der Waals surface area contributed by atoms with Crippen LogP contribution < -0.4 is 4.90 Å². The van der Waals surface area contributed by atoms with E-state index in [4.69, 9.17) is 0 Å². The molecular formula is C16H20F3N3S. The van der Waals surface area contributed by atoms with Gasteiger partial charge in [0.25, 0.3) is 0 Å². The Labute approximate surface area is 137 Å². The number of nitrogens with zero attached hydrogens (tertiary/aromatic N) is 3. The topological polar surface area (TPSA) is 29.0 Å². The van der Waals surface area contributed by atoms with Gasteiger partial charge < -0.3 is 4.90 Å². The van der Waals surface area contributed by atoms with Gasteiger partial charge in [-0.05, 0) is 31.2 Å². The molecule has 3 nitrogen and oxygen atoms in total. The lowest BCUT2D eigenvalue weighted by molar-refractivity contribution is -0.126. The van der Waals surface area contributed by atoms with E-state index in [1.807, 2.05) is 0 Å². The highest BCUT2D eigenvalue weighted by Crippen LogP contribution is 2.39. The minimum absolute atomic E-state index is 0.246. The van der Waals surface area contributed by atoms with Crippen molar-refractivity contribution in [3.05, 3.63) is 16.8 Å². The number of aromatic nitrogens is 2. The fourth-order valence-electron chi connectivity index (χ4n) is 3.08. The van der Waals surface area contributed by atoms with Crippen LogP contribution in [0.5, 0.6) is 0 Å². The largest absolute Gasteiger partial charge is 0.393 e. The van der Waals surface area contributed by atoms with Gasteiger partial charge in [-0.25, -0.2) is 9.97 Å². The van der Waals surface area contributed by atoms with E-state index < -0.39 is 12.6 Å². The van der Waals surface area contributed by atoms with Crippen molar-refractivity contribution in [1.29, 1.82) is 0 Å².